The second-order valence-corrected chi connectivity index (χ2v) is 11.1. The number of likely N-dealkylation sites (tertiary alicyclic amines) is 1. The minimum absolute atomic E-state index is 0.0210. The molecule has 0 unspecified atom stereocenters. The number of carbonyl (C=O) groups excluding carboxylic acids is 3. The quantitative estimate of drug-likeness (QED) is 0.339. The molecule has 45 heavy (non-hydrogen) atoms. The van der Waals surface area contributed by atoms with Crippen molar-refractivity contribution < 1.29 is 33.0 Å². The number of nitrogens with zero attached hydrogens (tertiary/aromatic N) is 6. The molecule has 2 bridgehead atoms. The Balaban J connectivity index is 1.16. The van der Waals surface area contributed by atoms with Gasteiger partial charge in [0.15, 0.2) is 11.5 Å². The van der Waals surface area contributed by atoms with Gasteiger partial charge in [-0.2, -0.15) is 0 Å². The van der Waals surface area contributed by atoms with Crippen molar-refractivity contribution in [1.82, 2.24) is 40.1 Å². The zero-order valence-corrected chi connectivity index (χ0v) is 24.9. The molecule has 1 fully saturated rings. The topological polar surface area (TPSA) is 157 Å². The van der Waals surface area contributed by atoms with Crippen LogP contribution in [0.5, 0.6) is 11.5 Å². The number of para-hydroxylation sites is 1. The number of aromatic nitrogens is 5. The normalized spacial score (nSPS) is 19.2. The molecule has 0 spiro atoms. The summed E-state index contributed by atoms with van der Waals surface area (Å²) in [5.41, 5.74) is 1.97. The Morgan fingerprint density at radius 2 is 2.07 bits per heavy atom. The second-order valence-electron chi connectivity index (χ2n) is 11.1. The van der Waals surface area contributed by atoms with E-state index in [1.165, 1.54) is 24.1 Å². The molecular formula is C30H33FN8O6. The molecule has 2 aliphatic heterocycles. The molecule has 0 saturated carbocycles. The van der Waals surface area contributed by atoms with Crippen LogP contribution in [0.2, 0.25) is 0 Å². The number of likely N-dealkylation sites (N-methyl/N-ethyl adjacent to an activating group) is 1. The Kier molecular flexibility index (Phi) is 8.60. The van der Waals surface area contributed by atoms with E-state index in [2.05, 4.69) is 25.6 Å². The van der Waals surface area contributed by atoms with E-state index in [1.807, 2.05) is 0 Å². The number of carbonyl (C=O) groups is 3. The highest BCUT2D eigenvalue weighted by Gasteiger charge is 2.38. The molecule has 3 amide bonds. The number of fused-ring (bicyclic) bond motifs is 6. The van der Waals surface area contributed by atoms with E-state index in [9.17, 15) is 18.8 Å². The van der Waals surface area contributed by atoms with Crippen molar-refractivity contribution in [2.24, 2.45) is 5.92 Å². The van der Waals surface area contributed by atoms with Gasteiger partial charge in [-0.1, -0.05) is 11.3 Å². The van der Waals surface area contributed by atoms with Crippen LogP contribution in [0.4, 0.5) is 4.39 Å². The summed E-state index contributed by atoms with van der Waals surface area (Å²) in [6.45, 7) is 1.02. The SMILES string of the molecule is COc1cccc2c1OCc1cn(nn1)[C@@H]1CN(C(=O)COCc3nc4ccc(F)cc4[nH]3)C[C@@H]1CC(=O)NCCN(C)C2=O. The molecule has 2 atom stereocenters. The first-order valence-corrected chi connectivity index (χ1v) is 14.5. The smallest absolute Gasteiger partial charge is 0.257 e. The molecule has 236 valence electrons. The van der Waals surface area contributed by atoms with Crippen LogP contribution in [-0.2, 0) is 27.5 Å². The van der Waals surface area contributed by atoms with Crippen LogP contribution in [0.1, 0.15) is 34.3 Å². The van der Waals surface area contributed by atoms with Crippen molar-refractivity contribution in [2.75, 3.05) is 46.9 Å². The van der Waals surface area contributed by atoms with Crippen molar-refractivity contribution in [3.8, 4) is 11.5 Å². The third-order valence-electron chi connectivity index (χ3n) is 7.97. The van der Waals surface area contributed by atoms with E-state index in [0.29, 0.717) is 47.0 Å². The molecule has 15 heteroatoms. The molecule has 1 saturated heterocycles. The number of aromatic amines is 1. The van der Waals surface area contributed by atoms with Gasteiger partial charge in [0.25, 0.3) is 5.91 Å². The maximum Gasteiger partial charge on any atom is 0.257 e. The number of H-pyrrole nitrogens is 1. The first kappa shape index (κ1) is 30.0. The lowest BCUT2D eigenvalue weighted by atomic mass is 9.99. The Morgan fingerprint density at radius 1 is 1.20 bits per heavy atom. The van der Waals surface area contributed by atoms with E-state index in [-0.39, 0.29) is 80.6 Å². The number of methoxy groups -OCH3 is 1. The van der Waals surface area contributed by atoms with E-state index in [4.69, 9.17) is 14.2 Å². The maximum atomic E-state index is 13.5. The van der Waals surface area contributed by atoms with Gasteiger partial charge in [0.2, 0.25) is 11.8 Å². The summed E-state index contributed by atoms with van der Waals surface area (Å²) in [6, 6.07) is 9.01. The molecule has 2 N–H and O–H groups in total. The van der Waals surface area contributed by atoms with Gasteiger partial charge in [-0.25, -0.2) is 14.1 Å². The lowest BCUT2D eigenvalue weighted by Crippen LogP contribution is -2.37. The average molecular weight is 621 g/mol. The number of halogens is 1. The van der Waals surface area contributed by atoms with Crippen LogP contribution in [0.15, 0.2) is 42.6 Å². The van der Waals surface area contributed by atoms with Crippen LogP contribution in [0, 0.1) is 11.7 Å². The Labute approximate surface area is 257 Å². The minimum atomic E-state index is -0.376. The van der Waals surface area contributed by atoms with E-state index in [0.717, 1.165) is 0 Å². The van der Waals surface area contributed by atoms with Crippen LogP contribution in [0.3, 0.4) is 0 Å². The zero-order valence-electron chi connectivity index (χ0n) is 24.9. The molecule has 0 aliphatic carbocycles. The minimum Gasteiger partial charge on any atom is -0.493 e. The summed E-state index contributed by atoms with van der Waals surface area (Å²) in [6.07, 6.45) is 1.87. The number of ether oxygens (including phenoxy) is 3. The number of imidazole rings is 1. The molecule has 4 heterocycles. The van der Waals surface area contributed by atoms with Crippen molar-refractivity contribution in [3.05, 3.63) is 65.5 Å². The van der Waals surface area contributed by atoms with Crippen LogP contribution in [-0.4, -0.2) is 99.4 Å². The summed E-state index contributed by atoms with van der Waals surface area (Å²) in [7, 11) is 3.15. The van der Waals surface area contributed by atoms with Crippen molar-refractivity contribution in [1.29, 1.82) is 0 Å². The fraction of sp³-hybridized carbons (Fsp3) is 0.400. The highest BCUT2D eigenvalue weighted by Crippen LogP contribution is 2.33. The fourth-order valence-corrected chi connectivity index (χ4v) is 5.65. The Morgan fingerprint density at radius 3 is 2.91 bits per heavy atom. The Hall–Kier alpha value is -5.05. The number of hydrogen-bond donors (Lipinski definition) is 2. The molecule has 4 aromatic rings. The number of hydrogen-bond acceptors (Lipinski definition) is 9. The molecule has 0 radical (unpaired) electrons. The highest BCUT2D eigenvalue weighted by molar-refractivity contribution is 5.97. The summed E-state index contributed by atoms with van der Waals surface area (Å²) < 4.78 is 32.3. The van der Waals surface area contributed by atoms with Gasteiger partial charge in [-0.05, 0) is 30.3 Å². The van der Waals surface area contributed by atoms with E-state index >= 15 is 0 Å². The van der Waals surface area contributed by atoms with Gasteiger partial charge in [0.1, 0.15) is 37.2 Å². The molecular weight excluding hydrogens is 587 g/mol. The van der Waals surface area contributed by atoms with Crippen molar-refractivity contribution in [2.45, 2.75) is 25.7 Å². The number of nitrogens with one attached hydrogen (secondary N) is 2. The maximum absolute atomic E-state index is 13.5. The molecule has 6 rings (SSSR count). The molecule has 2 aliphatic rings. The average Bonchev–Trinajstić information content (AvgIpc) is 3.77. The summed E-state index contributed by atoms with van der Waals surface area (Å²) in [5.74, 6) is -0.187. The van der Waals surface area contributed by atoms with Crippen LogP contribution < -0.4 is 14.8 Å². The van der Waals surface area contributed by atoms with E-state index < -0.39 is 0 Å². The number of amides is 3. The van der Waals surface area contributed by atoms with Crippen LogP contribution >= 0.6 is 0 Å². The molecule has 2 aromatic carbocycles. The van der Waals surface area contributed by atoms with Gasteiger partial charge < -0.3 is 34.3 Å². The molecule has 14 nitrogen and oxygen atoms in total. The van der Waals surface area contributed by atoms with Crippen molar-refractivity contribution >= 4 is 28.8 Å². The summed E-state index contributed by atoms with van der Waals surface area (Å²) in [5, 5.41) is 11.4. The predicted octanol–water partition coefficient (Wildman–Crippen LogP) is 1.69. The lowest BCUT2D eigenvalue weighted by Gasteiger charge is -2.21. The van der Waals surface area contributed by atoms with Crippen molar-refractivity contribution in [3.63, 3.8) is 0 Å². The largest absolute Gasteiger partial charge is 0.493 e. The predicted molar refractivity (Wildman–Crippen MR) is 157 cm³/mol. The number of benzene rings is 2. The highest BCUT2D eigenvalue weighted by atomic mass is 19.1. The lowest BCUT2D eigenvalue weighted by molar-refractivity contribution is -0.136. The van der Waals surface area contributed by atoms with Gasteiger partial charge in [-0.3, -0.25) is 14.4 Å². The van der Waals surface area contributed by atoms with Gasteiger partial charge in [-0.15, -0.1) is 5.10 Å². The van der Waals surface area contributed by atoms with Crippen LogP contribution in [0.25, 0.3) is 11.0 Å². The first-order valence-electron chi connectivity index (χ1n) is 14.5. The Bertz CT molecular complexity index is 1720. The van der Waals surface area contributed by atoms with Gasteiger partial charge >= 0.3 is 0 Å². The monoisotopic (exact) mass is 620 g/mol. The van der Waals surface area contributed by atoms with Gasteiger partial charge in [0.05, 0.1) is 35.9 Å². The standard InChI is InChI=1S/C30H33FN8O6/c1-37-9-8-32-27(40)10-18-12-38(28(41)17-44-16-26-33-22-7-6-19(31)11-23(22)34-26)14-24(18)39-13-20(35-36-39)15-45-29-21(30(37)42)4-3-5-25(29)43-2/h3-7,11,13,18,24H,8-10,12,14-17H2,1-2H3,(H,32,40)(H,33,34)/t18-,24+/m0/s1. The first-order chi connectivity index (χ1) is 21.8. The molecule has 2 aromatic heterocycles. The fourth-order valence-electron chi connectivity index (χ4n) is 5.65. The number of rotatable bonds is 5. The zero-order chi connectivity index (χ0) is 31.5. The summed E-state index contributed by atoms with van der Waals surface area (Å²) in [4.78, 5) is 49.9. The van der Waals surface area contributed by atoms with Gasteiger partial charge in [0, 0.05) is 45.6 Å². The summed E-state index contributed by atoms with van der Waals surface area (Å²) >= 11 is 0. The third-order valence-corrected chi connectivity index (χ3v) is 7.97. The second kappa shape index (κ2) is 12.9. The van der Waals surface area contributed by atoms with E-state index in [1.54, 1.807) is 47.1 Å². The third kappa shape index (κ3) is 6.57.